The predicted molar refractivity (Wildman–Crippen MR) is 116 cm³/mol. The van der Waals surface area contributed by atoms with Crippen molar-refractivity contribution in [1.82, 2.24) is 4.90 Å². The molecule has 29 heavy (non-hydrogen) atoms. The molecule has 3 aromatic carbocycles. The predicted octanol–water partition coefficient (Wildman–Crippen LogP) is 4.92. The molecule has 3 aromatic rings. The van der Waals surface area contributed by atoms with Crippen LogP contribution in [0.5, 0.6) is 5.75 Å². The molecule has 0 amide bonds. The first kappa shape index (κ1) is 22.3. The van der Waals surface area contributed by atoms with Crippen LogP contribution in [0.4, 0.5) is 0 Å². The second-order valence-corrected chi connectivity index (χ2v) is 6.66. The SMILES string of the molecule is CC(=O)Oc1cccc(C(=O)CN(Cc2ccccc2)Cc2ccccc2)c1.Cl. The van der Waals surface area contributed by atoms with Gasteiger partial charge >= 0.3 is 5.97 Å². The molecule has 0 atom stereocenters. The molecule has 0 unspecified atom stereocenters. The number of esters is 1. The highest BCUT2D eigenvalue weighted by Crippen LogP contribution is 2.16. The van der Waals surface area contributed by atoms with E-state index >= 15 is 0 Å². The summed E-state index contributed by atoms with van der Waals surface area (Å²) in [5.74, 6) is -0.0312. The minimum Gasteiger partial charge on any atom is -0.427 e. The summed E-state index contributed by atoms with van der Waals surface area (Å²) in [6.45, 7) is 2.96. The molecule has 0 radical (unpaired) electrons. The third-order valence-corrected chi connectivity index (χ3v) is 4.28. The van der Waals surface area contributed by atoms with Crippen molar-refractivity contribution in [3.8, 4) is 5.75 Å². The number of benzene rings is 3. The van der Waals surface area contributed by atoms with Crippen LogP contribution in [-0.4, -0.2) is 23.2 Å². The van der Waals surface area contributed by atoms with E-state index in [2.05, 4.69) is 29.2 Å². The number of nitrogens with zero attached hydrogens (tertiary/aromatic N) is 1. The Morgan fingerprint density at radius 1 is 0.793 bits per heavy atom. The summed E-state index contributed by atoms with van der Waals surface area (Å²) in [6, 6.07) is 27.0. The zero-order valence-electron chi connectivity index (χ0n) is 16.3. The van der Waals surface area contributed by atoms with Crippen LogP contribution >= 0.6 is 12.4 Å². The van der Waals surface area contributed by atoms with Crippen LogP contribution in [0, 0.1) is 0 Å². The number of rotatable bonds is 8. The topological polar surface area (TPSA) is 46.6 Å². The number of ketones is 1. The van der Waals surface area contributed by atoms with Crippen molar-refractivity contribution in [3.05, 3.63) is 102 Å². The quantitative estimate of drug-likeness (QED) is 0.301. The maximum atomic E-state index is 12.9. The van der Waals surface area contributed by atoms with Gasteiger partial charge in [0.2, 0.25) is 0 Å². The average molecular weight is 410 g/mol. The number of ether oxygens (including phenoxy) is 1. The highest BCUT2D eigenvalue weighted by Gasteiger charge is 2.15. The standard InChI is InChI=1S/C24H23NO3.ClH/c1-19(26)28-23-14-8-13-22(15-23)24(27)18-25(16-20-9-4-2-5-10-20)17-21-11-6-3-7-12-21;/h2-15H,16-18H2,1H3;1H. The van der Waals surface area contributed by atoms with Gasteiger partial charge in [0.1, 0.15) is 5.75 Å². The van der Waals surface area contributed by atoms with E-state index in [1.165, 1.54) is 6.92 Å². The molecular weight excluding hydrogens is 386 g/mol. The zero-order chi connectivity index (χ0) is 19.8. The normalized spacial score (nSPS) is 10.3. The summed E-state index contributed by atoms with van der Waals surface area (Å²) < 4.78 is 5.10. The Morgan fingerprint density at radius 3 is 1.86 bits per heavy atom. The fourth-order valence-electron chi connectivity index (χ4n) is 3.04. The summed E-state index contributed by atoms with van der Waals surface area (Å²) in [7, 11) is 0. The van der Waals surface area contributed by atoms with Crippen LogP contribution < -0.4 is 4.74 Å². The molecule has 0 fully saturated rings. The van der Waals surface area contributed by atoms with E-state index in [1.807, 2.05) is 36.4 Å². The van der Waals surface area contributed by atoms with Crippen LogP contribution in [0.15, 0.2) is 84.9 Å². The Hall–Kier alpha value is -2.95. The fraction of sp³-hybridized carbons (Fsp3) is 0.167. The maximum absolute atomic E-state index is 12.9. The number of hydrogen-bond donors (Lipinski definition) is 0. The largest absolute Gasteiger partial charge is 0.427 e. The van der Waals surface area contributed by atoms with Gasteiger partial charge < -0.3 is 4.74 Å². The summed E-state index contributed by atoms with van der Waals surface area (Å²) >= 11 is 0. The van der Waals surface area contributed by atoms with Gasteiger partial charge in [-0.25, -0.2) is 0 Å². The van der Waals surface area contributed by atoms with Gasteiger partial charge in [0.15, 0.2) is 5.78 Å². The number of carbonyl (C=O) groups excluding carboxylic acids is 2. The van der Waals surface area contributed by atoms with E-state index in [0.717, 1.165) is 11.1 Å². The second-order valence-electron chi connectivity index (χ2n) is 6.66. The van der Waals surface area contributed by atoms with Gasteiger partial charge in [0, 0.05) is 25.6 Å². The van der Waals surface area contributed by atoms with Gasteiger partial charge in [-0.15, -0.1) is 12.4 Å². The Morgan fingerprint density at radius 2 is 1.34 bits per heavy atom. The number of Topliss-reactive ketones (excluding diaryl/α,β-unsaturated/α-hetero) is 1. The Labute approximate surface area is 177 Å². The van der Waals surface area contributed by atoms with Crippen LogP contribution in [-0.2, 0) is 17.9 Å². The van der Waals surface area contributed by atoms with Gasteiger partial charge in [0.25, 0.3) is 0 Å². The highest BCUT2D eigenvalue weighted by molar-refractivity contribution is 5.98. The highest BCUT2D eigenvalue weighted by atomic mass is 35.5. The van der Waals surface area contributed by atoms with Gasteiger partial charge in [-0.3, -0.25) is 14.5 Å². The zero-order valence-corrected chi connectivity index (χ0v) is 17.1. The van der Waals surface area contributed by atoms with Crippen molar-refractivity contribution in [2.45, 2.75) is 20.0 Å². The third-order valence-electron chi connectivity index (χ3n) is 4.28. The van der Waals surface area contributed by atoms with Gasteiger partial charge in [-0.2, -0.15) is 0 Å². The number of hydrogen-bond acceptors (Lipinski definition) is 4. The molecule has 5 heteroatoms. The fourth-order valence-corrected chi connectivity index (χ4v) is 3.04. The molecule has 0 saturated heterocycles. The molecule has 4 nitrogen and oxygen atoms in total. The summed E-state index contributed by atoms with van der Waals surface area (Å²) in [6.07, 6.45) is 0. The van der Waals surface area contributed by atoms with Crippen LogP contribution in [0.2, 0.25) is 0 Å². The van der Waals surface area contributed by atoms with E-state index in [1.54, 1.807) is 24.3 Å². The maximum Gasteiger partial charge on any atom is 0.308 e. The Kier molecular flexibility index (Phi) is 8.59. The van der Waals surface area contributed by atoms with E-state index in [-0.39, 0.29) is 24.7 Å². The second kappa shape index (κ2) is 11.1. The van der Waals surface area contributed by atoms with Gasteiger partial charge in [-0.05, 0) is 23.3 Å². The molecule has 3 rings (SSSR count). The van der Waals surface area contributed by atoms with E-state index < -0.39 is 5.97 Å². The first-order valence-electron chi connectivity index (χ1n) is 9.22. The van der Waals surface area contributed by atoms with Crippen molar-refractivity contribution < 1.29 is 14.3 Å². The van der Waals surface area contributed by atoms with Crippen LogP contribution in [0.25, 0.3) is 0 Å². The molecule has 0 aromatic heterocycles. The van der Waals surface area contributed by atoms with E-state index in [0.29, 0.717) is 24.4 Å². The van der Waals surface area contributed by atoms with Crippen LogP contribution in [0.1, 0.15) is 28.4 Å². The Balaban J connectivity index is 0.00000300. The molecule has 0 aliphatic carbocycles. The summed E-state index contributed by atoms with van der Waals surface area (Å²) in [4.78, 5) is 26.2. The average Bonchev–Trinajstić information content (AvgIpc) is 2.69. The van der Waals surface area contributed by atoms with Gasteiger partial charge in [0.05, 0.1) is 6.54 Å². The van der Waals surface area contributed by atoms with Crippen molar-refractivity contribution in [2.75, 3.05) is 6.54 Å². The lowest BCUT2D eigenvalue weighted by molar-refractivity contribution is -0.131. The smallest absolute Gasteiger partial charge is 0.308 e. The minimum atomic E-state index is -0.403. The molecule has 0 saturated carbocycles. The molecule has 150 valence electrons. The first-order valence-corrected chi connectivity index (χ1v) is 9.22. The monoisotopic (exact) mass is 409 g/mol. The van der Waals surface area contributed by atoms with Crippen molar-refractivity contribution in [3.63, 3.8) is 0 Å². The lowest BCUT2D eigenvalue weighted by Crippen LogP contribution is -2.29. The molecule has 0 heterocycles. The molecule has 0 aliphatic heterocycles. The molecule has 0 aliphatic rings. The number of halogens is 1. The lowest BCUT2D eigenvalue weighted by Gasteiger charge is -2.22. The Bertz CT molecular complexity index is 888. The lowest BCUT2D eigenvalue weighted by atomic mass is 10.1. The molecule has 0 N–H and O–H groups in total. The third kappa shape index (κ3) is 7.18. The molecule has 0 bridgehead atoms. The number of carbonyl (C=O) groups is 2. The van der Waals surface area contributed by atoms with Gasteiger partial charge in [-0.1, -0.05) is 72.8 Å². The van der Waals surface area contributed by atoms with Crippen molar-refractivity contribution >= 4 is 24.2 Å². The first-order chi connectivity index (χ1) is 13.6. The van der Waals surface area contributed by atoms with Crippen LogP contribution in [0.3, 0.4) is 0 Å². The molecular formula is C24H24ClNO3. The minimum absolute atomic E-state index is 0. The summed E-state index contributed by atoms with van der Waals surface area (Å²) in [5.41, 5.74) is 2.84. The summed E-state index contributed by atoms with van der Waals surface area (Å²) in [5, 5.41) is 0. The van der Waals surface area contributed by atoms with E-state index in [9.17, 15) is 9.59 Å². The molecule has 0 spiro atoms. The van der Waals surface area contributed by atoms with Crippen molar-refractivity contribution in [2.24, 2.45) is 0 Å². The van der Waals surface area contributed by atoms with Crippen molar-refractivity contribution in [1.29, 1.82) is 0 Å². The van der Waals surface area contributed by atoms with E-state index in [4.69, 9.17) is 4.74 Å².